The number of ketones is 1. The van der Waals surface area contributed by atoms with E-state index in [2.05, 4.69) is 0 Å². The summed E-state index contributed by atoms with van der Waals surface area (Å²) in [6, 6.07) is 14.1. The highest BCUT2D eigenvalue weighted by molar-refractivity contribution is 6.46. The summed E-state index contributed by atoms with van der Waals surface area (Å²) in [5.74, 6) is -0.517. The number of aromatic hydroxyl groups is 1. The van der Waals surface area contributed by atoms with Gasteiger partial charge in [-0.1, -0.05) is 12.1 Å². The fourth-order valence-electron chi connectivity index (χ4n) is 4.32. The number of aryl methyl sites for hydroxylation is 1. The van der Waals surface area contributed by atoms with Gasteiger partial charge in [0.15, 0.2) is 0 Å². The number of amides is 1. The molecule has 5 rings (SSSR count). The van der Waals surface area contributed by atoms with Crippen molar-refractivity contribution >= 4 is 17.4 Å². The SMILES string of the molecule is O=C1C(=O)N(Cc2ccco2)C(c2cccc(O)c2)/C1=C(/O)c1ccc2c(c1)CCCO2. The molecule has 1 aromatic heterocycles. The topological polar surface area (TPSA) is 100 Å². The lowest BCUT2D eigenvalue weighted by Gasteiger charge is -2.24. The molecule has 162 valence electrons. The summed E-state index contributed by atoms with van der Waals surface area (Å²) in [7, 11) is 0. The largest absolute Gasteiger partial charge is 0.508 e. The van der Waals surface area contributed by atoms with Gasteiger partial charge in [0.2, 0.25) is 0 Å². The second-order valence-electron chi connectivity index (χ2n) is 7.88. The van der Waals surface area contributed by atoms with Crippen molar-refractivity contribution in [1.82, 2.24) is 4.90 Å². The summed E-state index contributed by atoms with van der Waals surface area (Å²) >= 11 is 0. The van der Waals surface area contributed by atoms with Gasteiger partial charge in [0, 0.05) is 5.56 Å². The van der Waals surface area contributed by atoms with Crippen LogP contribution in [-0.4, -0.2) is 33.4 Å². The van der Waals surface area contributed by atoms with Crippen LogP contribution in [0.15, 0.2) is 70.9 Å². The number of fused-ring (bicyclic) bond motifs is 1. The lowest BCUT2D eigenvalue weighted by molar-refractivity contribution is -0.140. The molecule has 1 unspecified atom stereocenters. The number of carbonyl (C=O) groups is 2. The van der Waals surface area contributed by atoms with Crippen molar-refractivity contribution in [2.24, 2.45) is 0 Å². The molecule has 1 fully saturated rings. The fourth-order valence-corrected chi connectivity index (χ4v) is 4.32. The van der Waals surface area contributed by atoms with Gasteiger partial charge in [0.25, 0.3) is 11.7 Å². The number of carbonyl (C=O) groups excluding carboxylic acids is 2. The van der Waals surface area contributed by atoms with Gasteiger partial charge in [-0.25, -0.2) is 0 Å². The predicted octanol–water partition coefficient (Wildman–Crippen LogP) is 3.93. The van der Waals surface area contributed by atoms with E-state index in [4.69, 9.17) is 9.15 Å². The molecule has 1 amide bonds. The Hall–Kier alpha value is -4.00. The molecule has 0 aliphatic carbocycles. The lowest BCUT2D eigenvalue weighted by atomic mass is 9.94. The van der Waals surface area contributed by atoms with Crippen LogP contribution in [0.5, 0.6) is 11.5 Å². The number of likely N-dealkylation sites (tertiary alicyclic amines) is 1. The number of nitrogens with zero attached hydrogens (tertiary/aromatic N) is 1. The van der Waals surface area contributed by atoms with E-state index in [0.29, 0.717) is 23.5 Å². The molecule has 1 atom stereocenters. The van der Waals surface area contributed by atoms with Gasteiger partial charge in [-0.2, -0.15) is 0 Å². The first kappa shape index (κ1) is 19.9. The van der Waals surface area contributed by atoms with Crippen LogP contribution in [-0.2, 0) is 22.6 Å². The van der Waals surface area contributed by atoms with Gasteiger partial charge < -0.3 is 24.3 Å². The Balaban J connectivity index is 1.64. The molecule has 2 aromatic carbocycles. The van der Waals surface area contributed by atoms with Gasteiger partial charge in [0.05, 0.1) is 31.0 Å². The number of rotatable bonds is 4. The number of ether oxygens (including phenoxy) is 1. The summed E-state index contributed by atoms with van der Waals surface area (Å²) in [4.78, 5) is 27.4. The van der Waals surface area contributed by atoms with E-state index in [1.807, 2.05) is 0 Å². The third kappa shape index (κ3) is 3.41. The molecule has 0 radical (unpaired) electrons. The molecular formula is C25H21NO6. The highest BCUT2D eigenvalue weighted by Crippen LogP contribution is 2.41. The maximum Gasteiger partial charge on any atom is 0.296 e. The van der Waals surface area contributed by atoms with Crippen molar-refractivity contribution in [3.63, 3.8) is 0 Å². The van der Waals surface area contributed by atoms with Crippen molar-refractivity contribution in [2.45, 2.75) is 25.4 Å². The van der Waals surface area contributed by atoms with E-state index in [-0.39, 0.29) is 23.6 Å². The highest BCUT2D eigenvalue weighted by atomic mass is 16.5. The molecule has 7 nitrogen and oxygen atoms in total. The van der Waals surface area contributed by atoms with Crippen LogP contribution in [0.1, 0.15) is 34.9 Å². The number of benzene rings is 2. The normalized spacial score (nSPS) is 19.6. The van der Waals surface area contributed by atoms with Gasteiger partial charge in [-0.3, -0.25) is 9.59 Å². The van der Waals surface area contributed by atoms with Gasteiger partial charge in [-0.15, -0.1) is 0 Å². The first-order valence-electron chi connectivity index (χ1n) is 10.4. The predicted molar refractivity (Wildman–Crippen MR) is 115 cm³/mol. The molecule has 2 N–H and O–H groups in total. The molecule has 0 saturated carbocycles. The van der Waals surface area contributed by atoms with Gasteiger partial charge in [0.1, 0.15) is 23.0 Å². The number of hydrogen-bond acceptors (Lipinski definition) is 6. The number of phenolic OH excluding ortho intramolecular Hbond substituents is 1. The summed E-state index contributed by atoms with van der Waals surface area (Å²) in [5.41, 5.74) is 1.87. The Kier molecular flexibility index (Phi) is 4.93. The first-order chi connectivity index (χ1) is 15.5. The molecule has 2 aliphatic rings. The molecule has 1 saturated heterocycles. The van der Waals surface area contributed by atoms with Crippen molar-refractivity contribution in [1.29, 1.82) is 0 Å². The molecule has 0 spiro atoms. The summed E-state index contributed by atoms with van der Waals surface area (Å²) < 4.78 is 11.0. The highest BCUT2D eigenvalue weighted by Gasteiger charge is 2.46. The number of hydrogen-bond donors (Lipinski definition) is 2. The third-order valence-corrected chi connectivity index (χ3v) is 5.81. The third-order valence-electron chi connectivity index (χ3n) is 5.81. The second kappa shape index (κ2) is 7.92. The number of aliphatic hydroxyl groups is 1. The average molecular weight is 431 g/mol. The van der Waals surface area contributed by atoms with E-state index in [1.54, 1.807) is 42.5 Å². The number of aliphatic hydroxyl groups excluding tert-OH is 1. The number of Topliss-reactive ketones (excluding diaryl/α,β-unsaturated/α-hetero) is 1. The van der Waals surface area contributed by atoms with Gasteiger partial charge >= 0.3 is 0 Å². The Bertz CT molecular complexity index is 1230. The molecule has 32 heavy (non-hydrogen) atoms. The van der Waals surface area contributed by atoms with Crippen LogP contribution in [0.4, 0.5) is 0 Å². The summed E-state index contributed by atoms with van der Waals surface area (Å²) in [5, 5.41) is 21.2. The van der Waals surface area contributed by atoms with Crippen molar-refractivity contribution in [3.05, 3.63) is 88.9 Å². The maximum absolute atomic E-state index is 13.1. The first-order valence-corrected chi connectivity index (χ1v) is 10.4. The van der Waals surface area contributed by atoms with E-state index in [9.17, 15) is 19.8 Å². The van der Waals surface area contributed by atoms with Crippen molar-refractivity contribution in [2.75, 3.05) is 6.61 Å². The monoisotopic (exact) mass is 431 g/mol. The standard InChI is InChI=1S/C25H21NO6/c27-18-6-1-4-16(13-18)22-21(24(29)25(30)26(22)14-19-7-3-10-31-19)23(28)17-8-9-20-15(12-17)5-2-11-32-20/h1,3-4,6-10,12-13,22,27-28H,2,5,11,14H2/b23-21-. The molecular weight excluding hydrogens is 410 g/mol. The van der Waals surface area contributed by atoms with E-state index in [0.717, 1.165) is 24.2 Å². The zero-order valence-corrected chi connectivity index (χ0v) is 17.2. The number of furan rings is 1. The Morgan fingerprint density at radius 1 is 1.09 bits per heavy atom. The summed E-state index contributed by atoms with van der Waals surface area (Å²) in [6.07, 6.45) is 3.16. The quantitative estimate of drug-likeness (QED) is 0.369. The van der Waals surface area contributed by atoms with Crippen molar-refractivity contribution < 1.29 is 29.0 Å². The Morgan fingerprint density at radius 2 is 1.97 bits per heavy atom. The molecule has 2 aliphatic heterocycles. The van der Waals surface area contributed by atoms with Crippen LogP contribution in [0.25, 0.3) is 5.76 Å². The molecule has 3 heterocycles. The van der Waals surface area contributed by atoms with Crippen LogP contribution < -0.4 is 4.74 Å². The van der Waals surface area contributed by atoms with Crippen LogP contribution in [0, 0.1) is 0 Å². The molecule has 3 aromatic rings. The average Bonchev–Trinajstić information content (AvgIpc) is 3.41. The zero-order chi connectivity index (χ0) is 22.2. The second-order valence-corrected chi connectivity index (χ2v) is 7.88. The minimum absolute atomic E-state index is 0.00276. The van der Waals surface area contributed by atoms with E-state index < -0.39 is 17.7 Å². The Labute approximate surface area is 184 Å². The fraction of sp³-hybridized carbons (Fsp3) is 0.200. The zero-order valence-electron chi connectivity index (χ0n) is 17.2. The Morgan fingerprint density at radius 3 is 2.75 bits per heavy atom. The van der Waals surface area contributed by atoms with Crippen LogP contribution in [0.2, 0.25) is 0 Å². The summed E-state index contributed by atoms with van der Waals surface area (Å²) in [6.45, 7) is 0.695. The van der Waals surface area contributed by atoms with Crippen LogP contribution in [0.3, 0.4) is 0 Å². The van der Waals surface area contributed by atoms with Crippen molar-refractivity contribution in [3.8, 4) is 11.5 Å². The number of phenols is 1. The van der Waals surface area contributed by atoms with E-state index in [1.165, 1.54) is 23.3 Å². The minimum atomic E-state index is -0.875. The maximum atomic E-state index is 13.1. The van der Waals surface area contributed by atoms with Gasteiger partial charge in [-0.05, 0) is 66.4 Å². The van der Waals surface area contributed by atoms with Crippen LogP contribution >= 0.6 is 0 Å². The minimum Gasteiger partial charge on any atom is -0.508 e. The lowest BCUT2D eigenvalue weighted by Crippen LogP contribution is -2.29. The molecule has 0 bridgehead atoms. The van der Waals surface area contributed by atoms with E-state index >= 15 is 0 Å². The smallest absolute Gasteiger partial charge is 0.296 e. The molecule has 7 heteroatoms.